The molecule has 0 saturated heterocycles. The van der Waals surface area contributed by atoms with E-state index in [1.54, 1.807) is 0 Å². The van der Waals surface area contributed by atoms with Crippen molar-refractivity contribution in [1.82, 2.24) is 9.78 Å². The summed E-state index contributed by atoms with van der Waals surface area (Å²) in [6.07, 6.45) is -1.78. The van der Waals surface area contributed by atoms with E-state index in [4.69, 9.17) is 5.73 Å². The average molecular weight is 312 g/mol. The highest BCUT2D eigenvalue weighted by Crippen LogP contribution is 2.29. The highest BCUT2D eigenvalue weighted by molar-refractivity contribution is 6.04. The molecule has 6 nitrogen and oxygen atoms in total. The SMILES string of the molecule is NC(=O)Cn1cc(NC(=O)c2ccc(C(F)(F)F)cc2)cn1. The van der Waals surface area contributed by atoms with Gasteiger partial charge in [-0.25, -0.2) is 0 Å². The van der Waals surface area contributed by atoms with Gasteiger partial charge in [0.2, 0.25) is 5.91 Å². The van der Waals surface area contributed by atoms with Crippen LogP contribution in [0.25, 0.3) is 0 Å². The zero-order valence-corrected chi connectivity index (χ0v) is 11.1. The molecule has 0 spiro atoms. The summed E-state index contributed by atoms with van der Waals surface area (Å²) in [5, 5.41) is 6.26. The third kappa shape index (κ3) is 3.84. The van der Waals surface area contributed by atoms with Crippen LogP contribution in [0.15, 0.2) is 36.7 Å². The van der Waals surface area contributed by atoms with Crippen LogP contribution in [0, 0.1) is 0 Å². The zero-order chi connectivity index (χ0) is 16.3. The molecule has 0 unspecified atom stereocenters. The minimum Gasteiger partial charge on any atom is -0.368 e. The van der Waals surface area contributed by atoms with E-state index in [1.807, 2.05) is 0 Å². The molecule has 0 radical (unpaired) electrons. The number of nitrogens with two attached hydrogens (primary N) is 1. The predicted molar refractivity (Wildman–Crippen MR) is 70.8 cm³/mol. The molecule has 1 aromatic carbocycles. The van der Waals surface area contributed by atoms with Gasteiger partial charge in [0, 0.05) is 11.8 Å². The fourth-order valence-corrected chi connectivity index (χ4v) is 1.69. The molecule has 0 aliphatic rings. The summed E-state index contributed by atoms with van der Waals surface area (Å²) >= 11 is 0. The molecule has 1 heterocycles. The number of alkyl halides is 3. The first kappa shape index (κ1) is 15.5. The number of amides is 2. The van der Waals surface area contributed by atoms with E-state index in [0.29, 0.717) is 5.69 Å². The number of rotatable bonds is 4. The third-order valence-corrected chi connectivity index (χ3v) is 2.68. The maximum atomic E-state index is 12.4. The second-order valence-corrected chi connectivity index (χ2v) is 4.42. The molecule has 0 aliphatic carbocycles. The van der Waals surface area contributed by atoms with Crippen molar-refractivity contribution in [2.24, 2.45) is 5.73 Å². The molecule has 2 rings (SSSR count). The summed E-state index contributed by atoms with van der Waals surface area (Å²) in [4.78, 5) is 22.6. The van der Waals surface area contributed by atoms with Crippen molar-refractivity contribution in [3.8, 4) is 0 Å². The van der Waals surface area contributed by atoms with Crippen LogP contribution in [0.3, 0.4) is 0 Å². The topological polar surface area (TPSA) is 90.0 Å². The van der Waals surface area contributed by atoms with Crippen molar-refractivity contribution in [2.45, 2.75) is 12.7 Å². The quantitative estimate of drug-likeness (QED) is 0.899. The Kier molecular flexibility index (Phi) is 4.15. The number of primary amides is 1. The number of carbonyl (C=O) groups is 2. The number of aromatic nitrogens is 2. The highest BCUT2D eigenvalue weighted by atomic mass is 19.4. The van der Waals surface area contributed by atoms with Gasteiger partial charge in [-0.05, 0) is 24.3 Å². The smallest absolute Gasteiger partial charge is 0.368 e. The fourth-order valence-electron chi connectivity index (χ4n) is 1.69. The van der Waals surface area contributed by atoms with Crippen LogP contribution in [0.2, 0.25) is 0 Å². The molecule has 0 aliphatic heterocycles. The van der Waals surface area contributed by atoms with Crippen molar-refractivity contribution in [3.63, 3.8) is 0 Å². The molecule has 2 aromatic rings. The number of benzene rings is 1. The van der Waals surface area contributed by atoms with Crippen LogP contribution < -0.4 is 11.1 Å². The average Bonchev–Trinajstić information content (AvgIpc) is 2.84. The third-order valence-electron chi connectivity index (χ3n) is 2.68. The van der Waals surface area contributed by atoms with E-state index >= 15 is 0 Å². The minimum atomic E-state index is -4.45. The molecule has 3 N–H and O–H groups in total. The summed E-state index contributed by atoms with van der Waals surface area (Å²) < 4.78 is 38.5. The number of halogens is 3. The molecule has 0 saturated carbocycles. The maximum Gasteiger partial charge on any atom is 0.416 e. The van der Waals surface area contributed by atoms with Gasteiger partial charge in [0.25, 0.3) is 5.91 Å². The van der Waals surface area contributed by atoms with Crippen molar-refractivity contribution in [3.05, 3.63) is 47.8 Å². The Morgan fingerprint density at radius 3 is 2.41 bits per heavy atom. The van der Waals surface area contributed by atoms with Crippen molar-refractivity contribution in [1.29, 1.82) is 0 Å². The monoisotopic (exact) mass is 312 g/mol. The summed E-state index contributed by atoms with van der Waals surface area (Å²) in [6.45, 7) is -0.143. The largest absolute Gasteiger partial charge is 0.416 e. The van der Waals surface area contributed by atoms with Crippen LogP contribution >= 0.6 is 0 Å². The summed E-state index contributed by atoms with van der Waals surface area (Å²) in [5.41, 5.74) is 4.52. The normalized spacial score (nSPS) is 11.2. The molecule has 1 aromatic heterocycles. The number of anilines is 1. The van der Waals surface area contributed by atoms with Gasteiger partial charge in [0.05, 0.1) is 17.4 Å². The Hall–Kier alpha value is -2.84. The standard InChI is InChI=1S/C13H11F3N4O2/c14-13(15,16)9-3-1-8(2-4-9)12(22)19-10-5-18-20(6-10)7-11(17)21/h1-6H,7H2,(H2,17,21)(H,19,22). The summed E-state index contributed by atoms with van der Waals surface area (Å²) in [5.74, 6) is -1.18. The van der Waals surface area contributed by atoms with Crippen LogP contribution in [-0.2, 0) is 17.5 Å². The molecular formula is C13H11F3N4O2. The van der Waals surface area contributed by atoms with Gasteiger partial charge in [-0.1, -0.05) is 0 Å². The van der Waals surface area contributed by atoms with Gasteiger partial charge in [-0.3, -0.25) is 14.3 Å². The predicted octanol–water partition coefficient (Wildman–Crippen LogP) is 1.64. The van der Waals surface area contributed by atoms with Crippen LogP contribution in [0.1, 0.15) is 15.9 Å². The molecular weight excluding hydrogens is 301 g/mol. The van der Waals surface area contributed by atoms with Gasteiger partial charge in [-0.15, -0.1) is 0 Å². The molecule has 22 heavy (non-hydrogen) atoms. The Morgan fingerprint density at radius 1 is 1.23 bits per heavy atom. The van der Waals surface area contributed by atoms with E-state index in [1.165, 1.54) is 17.1 Å². The maximum absolute atomic E-state index is 12.4. The fraction of sp³-hybridized carbons (Fsp3) is 0.154. The molecule has 0 atom stereocenters. The molecule has 116 valence electrons. The number of hydrogen-bond acceptors (Lipinski definition) is 3. The highest BCUT2D eigenvalue weighted by Gasteiger charge is 2.30. The lowest BCUT2D eigenvalue weighted by Crippen LogP contribution is -2.18. The molecule has 9 heteroatoms. The first-order valence-electron chi connectivity index (χ1n) is 6.05. The first-order chi connectivity index (χ1) is 10.3. The van der Waals surface area contributed by atoms with Crippen molar-refractivity contribution >= 4 is 17.5 Å². The van der Waals surface area contributed by atoms with Crippen molar-refractivity contribution < 1.29 is 22.8 Å². The van der Waals surface area contributed by atoms with Gasteiger partial charge in [-0.2, -0.15) is 18.3 Å². The molecule has 0 bridgehead atoms. The molecule has 0 fully saturated rings. The number of hydrogen-bond donors (Lipinski definition) is 2. The van der Waals surface area contributed by atoms with E-state index in [2.05, 4.69) is 10.4 Å². The van der Waals surface area contributed by atoms with E-state index < -0.39 is 23.6 Å². The summed E-state index contributed by atoms with van der Waals surface area (Å²) in [6, 6.07) is 3.80. The second-order valence-electron chi connectivity index (χ2n) is 4.42. The minimum absolute atomic E-state index is 0.0654. The number of nitrogens with zero attached hydrogens (tertiary/aromatic N) is 2. The molecule has 2 amide bonds. The number of carbonyl (C=O) groups excluding carboxylic acids is 2. The van der Waals surface area contributed by atoms with Gasteiger partial charge >= 0.3 is 6.18 Å². The van der Waals surface area contributed by atoms with Crippen LogP contribution in [0.5, 0.6) is 0 Å². The Balaban J connectivity index is 2.06. The van der Waals surface area contributed by atoms with Crippen LogP contribution in [-0.4, -0.2) is 21.6 Å². The van der Waals surface area contributed by atoms with Gasteiger partial charge in [0.1, 0.15) is 6.54 Å². The van der Waals surface area contributed by atoms with E-state index in [9.17, 15) is 22.8 Å². The first-order valence-corrected chi connectivity index (χ1v) is 6.05. The van der Waals surface area contributed by atoms with Gasteiger partial charge in [0.15, 0.2) is 0 Å². The zero-order valence-electron chi connectivity index (χ0n) is 11.1. The lowest BCUT2D eigenvalue weighted by atomic mass is 10.1. The van der Waals surface area contributed by atoms with E-state index in [0.717, 1.165) is 24.3 Å². The lowest BCUT2D eigenvalue weighted by molar-refractivity contribution is -0.137. The van der Waals surface area contributed by atoms with E-state index in [-0.39, 0.29) is 12.1 Å². The lowest BCUT2D eigenvalue weighted by Gasteiger charge is -2.07. The number of nitrogens with one attached hydrogen (secondary N) is 1. The van der Waals surface area contributed by atoms with Crippen molar-refractivity contribution in [2.75, 3.05) is 5.32 Å². The second kappa shape index (κ2) is 5.88. The Morgan fingerprint density at radius 2 is 1.86 bits per heavy atom. The Bertz CT molecular complexity index is 692. The Labute approximate surface area is 122 Å². The van der Waals surface area contributed by atoms with Crippen LogP contribution in [0.4, 0.5) is 18.9 Å². The van der Waals surface area contributed by atoms with Gasteiger partial charge < -0.3 is 11.1 Å². The summed E-state index contributed by atoms with van der Waals surface area (Å²) in [7, 11) is 0.